The molecule has 0 saturated carbocycles. The molecule has 1 fully saturated rings. The van der Waals surface area contributed by atoms with Crippen LogP contribution >= 0.6 is 0 Å². The molecule has 1 aliphatic heterocycles. The lowest BCUT2D eigenvalue weighted by atomic mass is 10.0. The highest BCUT2D eigenvalue weighted by Gasteiger charge is 2.23. The van der Waals surface area contributed by atoms with Crippen molar-refractivity contribution in [1.29, 1.82) is 0 Å². The minimum atomic E-state index is -0.306. The van der Waals surface area contributed by atoms with E-state index >= 15 is 0 Å². The largest absolute Gasteiger partial charge is 0.423 e. The highest BCUT2D eigenvalue weighted by molar-refractivity contribution is 5.82. The molecule has 1 saturated heterocycles. The Bertz CT molecular complexity index is 846. The van der Waals surface area contributed by atoms with Gasteiger partial charge < -0.3 is 9.32 Å². The maximum atomic E-state index is 12.1. The number of fused-ring (bicyclic) bond motifs is 1. The molecule has 0 aliphatic carbocycles. The average Bonchev–Trinajstić information content (AvgIpc) is 2.56. The van der Waals surface area contributed by atoms with E-state index in [2.05, 4.69) is 17.9 Å². The third-order valence-corrected chi connectivity index (χ3v) is 5.02. The number of carbonyl (C=O) groups is 1. The Labute approximate surface area is 148 Å². The van der Waals surface area contributed by atoms with E-state index in [0.717, 1.165) is 42.7 Å². The summed E-state index contributed by atoms with van der Waals surface area (Å²) in [6.07, 6.45) is 0. The van der Waals surface area contributed by atoms with Gasteiger partial charge >= 0.3 is 5.63 Å². The van der Waals surface area contributed by atoms with Crippen molar-refractivity contribution in [1.82, 2.24) is 9.80 Å². The zero-order chi connectivity index (χ0) is 18.1. The molecule has 2 heterocycles. The van der Waals surface area contributed by atoms with Gasteiger partial charge in [0.05, 0.1) is 0 Å². The topological polar surface area (TPSA) is 53.8 Å². The fourth-order valence-corrected chi connectivity index (χ4v) is 3.35. The van der Waals surface area contributed by atoms with Gasteiger partial charge in [-0.15, -0.1) is 0 Å². The number of carbonyl (C=O) groups excluding carboxylic acids is 1. The van der Waals surface area contributed by atoms with Gasteiger partial charge in [-0.2, -0.15) is 0 Å². The molecule has 0 bridgehead atoms. The molecule has 1 aliphatic rings. The lowest BCUT2D eigenvalue weighted by Gasteiger charge is -2.35. The molecule has 0 radical (unpaired) electrons. The zero-order valence-electron chi connectivity index (χ0n) is 15.5. The van der Waals surface area contributed by atoms with Crippen molar-refractivity contribution in [3.8, 4) is 0 Å². The van der Waals surface area contributed by atoms with Gasteiger partial charge in [-0.1, -0.05) is 13.8 Å². The quantitative estimate of drug-likeness (QED) is 0.805. The van der Waals surface area contributed by atoms with Gasteiger partial charge in [-0.3, -0.25) is 9.69 Å². The Kier molecular flexibility index (Phi) is 4.95. The van der Waals surface area contributed by atoms with E-state index in [4.69, 9.17) is 4.42 Å². The van der Waals surface area contributed by atoms with Crippen LogP contribution in [0, 0.1) is 19.8 Å². The second-order valence-electron chi connectivity index (χ2n) is 7.28. The van der Waals surface area contributed by atoms with Crippen molar-refractivity contribution in [2.24, 2.45) is 5.92 Å². The second-order valence-corrected chi connectivity index (χ2v) is 7.28. The molecule has 1 aromatic heterocycles. The van der Waals surface area contributed by atoms with Crippen molar-refractivity contribution in [3.05, 3.63) is 45.3 Å². The summed E-state index contributed by atoms with van der Waals surface area (Å²) in [4.78, 5) is 28.3. The minimum absolute atomic E-state index is 0.0421. The maximum absolute atomic E-state index is 12.1. The maximum Gasteiger partial charge on any atom is 0.336 e. The van der Waals surface area contributed by atoms with Crippen LogP contribution in [0.2, 0.25) is 0 Å². The zero-order valence-corrected chi connectivity index (χ0v) is 15.5. The van der Waals surface area contributed by atoms with Crippen LogP contribution in [-0.2, 0) is 11.3 Å². The normalized spacial score (nSPS) is 16.0. The number of aryl methyl sites for hydroxylation is 2. The molecule has 2 aromatic rings. The fraction of sp³-hybridized carbons (Fsp3) is 0.500. The van der Waals surface area contributed by atoms with Gasteiger partial charge in [0.15, 0.2) is 0 Å². The summed E-state index contributed by atoms with van der Waals surface area (Å²) in [6.45, 7) is 11.8. The van der Waals surface area contributed by atoms with E-state index in [1.807, 2.05) is 31.7 Å². The van der Waals surface area contributed by atoms with Crippen LogP contribution in [0.1, 0.15) is 30.5 Å². The molecule has 3 rings (SSSR count). The summed E-state index contributed by atoms with van der Waals surface area (Å²) >= 11 is 0. The SMILES string of the molecule is Cc1cc2oc(=O)cc(CN3CCN(C(=O)C(C)C)CC3)c2cc1C. The smallest absolute Gasteiger partial charge is 0.336 e. The number of nitrogens with zero attached hydrogens (tertiary/aromatic N) is 2. The van der Waals surface area contributed by atoms with Crippen molar-refractivity contribution in [2.75, 3.05) is 26.2 Å². The highest BCUT2D eigenvalue weighted by Crippen LogP contribution is 2.23. The average molecular weight is 342 g/mol. The van der Waals surface area contributed by atoms with Crippen molar-refractivity contribution < 1.29 is 9.21 Å². The Morgan fingerprint density at radius 2 is 1.72 bits per heavy atom. The standard InChI is InChI=1S/C20H26N2O3/c1-13(2)20(24)22-7-5-21(6-8-22)12-16-11-19(23)25-18-10-15(4)14(3)9-17(16)18/h9-11,13H,5-8,12H2,1-4H3. The van der Waals surface area contributed by atoms with E-state index in [1.54, 1.807) is 6.07 Å². The summed E-state index contributed by atoms with van der Waals surface area (Å²) in [5.41, 5.74) is 3.65. The van der Waals surface area contributed by atoms with Gasteiger partial charge in [0, 0.05) is 50.1 Å². The first-order chi connectivity index (χ1) is 11.8. The molecule has 0 unspecified atom stereocenters. The van der Waals surface area contributed by atoms with Crippen molar-refractivity contribution >= 4 is 16.9 Å². The summed E-state index contributed by atoms with van der Waals surface area (Å²) in [5, 5.41) is 1.00. The summed E-state index contributed by atoms with van der Waals surface area (Å²) in [6, 6.07) is 5.64. The Balaban J connectivity index is 1.79. The van der Waals surface area contributed by atoms with Crippen LogP contribution in [-0.4, -0.2) is 41.9 Å². The molecule has 0 atom stereocenters. The first kappa shape index (κ1) is 17.7. The van der Waals surface area contributed by atoms with E-state index < -0.39 is 0 Å². The number of benzene rings is 1. The lowest BCUT2D eigenvalue weighted by molar-refractivity contribution is -0.136. The van der Waals surface area contributed by atoms with E-state index in [-0.39, 0.29) is 17.5 Å². The fourth-order valence-electron chi connectivity index (χ4n) is 3.35. The van der Waals surface area contributed by atoms with Gasteiger partial charge in [-0.25, -0.2) is 4.79 Å². The molecule has 0 N–H and O–H groups in total. The second kappa shape index (κ2) is 7.00. The molecule has 134 valence electrons. The Morgan fingerprint density at radius 1 is 1.08 bits per heavy atom. The molecular formula is C20H26N2O3. The number of rotatable bonds is 3. The lowest BCUT2D eigenvalue weighted by Crippen LogP contribution is -2.49. The number of hydrogen-bond donors (Lipinski definition) is 0. The molecule has 1 amide bonds. The highest BCUT2D eigenvalue weighted by atomic mass is 16.4. The van der Waals surface area contributed by atoms with E-state index in [9.17, 15) is 9.59 Å². The van der Waals surface area contributed by atoms with Gasteiger partial charge in [0.2, 0.25) is 5.91 Å². The summed E-state index contributed by atoms with van der Waals surface area (Å²) in [5.74, 6) is 0.261. The minimum Gasteiger partial charge on any atom is -0.423 e. The molecule has 5 nitrogen and oxygen atoms in total. The molecular weight excluding hydrogens is 316 g/mol. The third-order valence-electron chi connectivity index (χ3n) is 5.02. The Hall–Kier alpha value is -2.14. The van der Waals surface area contributed by atoms with Crippen LogP contribution in [0.25, 0.3) is 11.0 Å². The van der Waals surface area contributed by atoms with Crippen LogP contribution in [0.5, 0.6) is 0 Å². The van der Waals surface area contributed by atoms with Crippen LogP contribution in [0.4, 0.5) is 0 Å². The third kappa shape index (κ3) is 3.76. The molecule has 1 aromatic carbocycles. The number of hydrogen-bond acceptors (Lipinski definition) is 4. The number of piperazine rings is 1. The van der Waals surface area contributed by atoms with Crippen LogP contribution in [0.15, 0.2) is 27.4 Å². The molecule has 5 heteroatoms. The van der Waals surface area contributed by atoms with Crippen molar-refractivity contribution in [3.63, 3.8) is 0 Å². The van der Waals surface area contributed by atoms with Gasteiger partial charge in [0.1, 0.15) is 5.58 Å². The first-order valence-electron chi connectivity index (χ1n) is 8.90. The van der Waals surface area contributed by atoms with Crippen molar-refractivity contribution in [2.45, 2.75) is 34.2 Å². The number of amides is 1. The predicted molar refractivity (Wildman–Crippen MR) is 98.7 cm³/mol. The first-order valence-corrected chi connectivity index (χ1v) is 8.90. The van der Waals surface area contributed by atoms with Gasteiger partial charge in [-0.05, 0) is 42.7 Å². The predicted octanol–water partition coefficient (Wildman–Crippen LogP) is 2.71. The summed E-state index contributed by atoms with van der Waals surface area (Å²) < 4.78 is 5.38. The van der Waals surface area contributed by atoms with Crippen LogP contribution < -0.4 is 5.63 Å². The Morgan fingerprint density at radius 3 is 2.36 bits per heavy atom. The summed E-state index contributed by atoms with van der Waals surface area (Å²) in [7, 11) is 0. The molecule has 0 spiro atoms. The molecule has 25 heavy (non-hydrogen) atoms. The van der Waals surface area contributed by atoms with E-state index in [1.165, 1.54) is 5.56 Å². The van der Waals surface area contributed by atoms with Gasteiger partial charge in [0.25, 0.3) is 0 Å². The van der Waals surface area contributed by atoms with Crippen LogP contribution in [0.3, 0.4) is 0 Å². The van der Waals surface area contributed by atoms with E-state index in [0.29, 0.717) is 12.1 Å². The monoisotopic (exact) mass is 342 g/mol.